The number of carbonyl (C=O) groups excluding carboxylic acids is 1. The van der Waals surface area contributed by atoms with Gasteiger partial charge < -0.3 is 10.1 Å². The standard InChI is InChI=1S/C14H18N2O2/c1-5-14(3,18-4)13(17)16-12-8-6-7-10(2)11(12)9-15/h6-8H,5H2,1-4H3,(H,16,17). The molecule has 4 heteroatoms. The van der Waals surface area contributed by atoms with Crippen molar-refractivity contribution >= 4 is 11.6 Å². The number of nitriles is 1. The summed E-state index contributed by atoms with van der Waals surface area (Å²) in [6.07, 6.45) is 0.559. The van der Waals surface area contributed by atoms with Crippen LogP contribution in [0.3, 0.4) is 0 Å². The third kappa shape index (κ3) is 2.69. The molecule has 0 spiro atoms. The lowest BCUT2D eigenvalue weighted by Crippen LogP contribution is -2.41. The van der Waals surface area contributed by atoms with Crippen LogP contribution in [0.1, 0.15) is 31.4 Å². The molecule has 0 aliphatic carbocycles. The van der Waals surface area contributed by atoms with Crippen LogP contribution < -0.4 is 5.32 Å². The summed E-state index contributed by atoms with van der Waals surface area (Å²) in [6.45, 7) is 5.44. The third-order valence-corrected chi connectivity index (χ3v) is 3.24. The number of aryl methyl sites for hydroxylation is 1. The maximum Gasteiger partial charge on any atom is 0.256 e. The van der Waals surface area contributed by atoms with E-state index in [-0.39, 0.29) is 5.91 Å². The summed E-state index contributed by atoms with van der Waals surface area (Å²) in [6, 6.07) is 7.46. The molecule has 0 aliphatic rings. The Morgan fingerprint density at radius 3 is 2.72 bits per heavy atom. The fourth-order valence-electron chi connectivity index (χ4n) is 1.57. The molecule has 0 aliphatic heterocycles. The zero-order valence-corrected chi connectivity index (χ0v) is 11.2. The Kier molecular flexibility index (Phi) is 4.46. The number of rotatable bonds is 4. The van der Waals surface area contributed by atoms with Crippen molar-refractivity contribution in [3.8, 4) is 6.07 Å². The predicted molar refractivity (Wildman–Crippen MR) is 70.2 cm³/mol. The topological polar surface area (TPSA) is 62.1 Å². The lowest BCUT2D eigenvalue weighted by molar-refractivity contribution is -0.136. The van der Waals surface area contributed by atoms with Crippen LogP contribution in [0.5, 0.6) is 0 Å². The number of nitrogens with zero attached hydrogens (tertiary/aromatic N) is 1. The molecule has 4 nitrogen and oxygen atoms in total. The van der Waals surface area contributed by atoms with Crippen LogP contribution >= 0.6 is 0 Å². The highest BCUT2D eigenvalue weighted by molar-refractivity contribution is 5.98. The van der Waals surface area contributed by atoms with Gasteiger partial charge in [-0.25, -0.2) is 0 Å². The van der Waals surface area contributed by atoms with Gasteiger partial charge in [-0.05, 0) is 31.9 Å². The van der Waals surface area contributed by atoms with Crippen molar-refractivity contribution in [3.05, 3.63) is 29.3 Å². The monoisotopic (exact) mass is 246 g/mol. The molecule has 0 fully saturated rings. The van der Waals surface area contributed by atoms with E-state index in [4.69, 9.17) is 10.00 Å². The van der Waals surface area contributed by atoms with Gasteiger partial charge >= 0.3 is 0 Å². The van der Waals surface area contributed by atoms with E-state index in [2.05, 4.69) is 11.4 Å². The van der Waals surface area contributed by atoms with Gasteiger partial charge in [-0.15, -0.1) is 0 Å². The molecule has 0 saturated carbocycles. The number of ether oxygens (including phenoxy) is 1. The highest BCUT2D eigenvalue weighted by Crippen LogP contribution is 2.22. The average molecular weight is 246 g/mol. The predicted octanol–water partition coefficient (Wildman–Crippen LogP) is 2.62. The number of nitrogens with one attached hydrogen (secondary N) is 1. The first-order chi connectivity index (χ1) is 8.48. The Hall–Kier alpha value is -1.86. The Morgan fingerprint density at radius 2 is 2.22 bits per heavy atom. The zero-order chi connectivity index (χ0) is 13.8. The van der Waals surface area contributed by atoms with E-state index in [1.54, 1.807) is 13.0 Å². The Labute approximate surface area is 108 Å². The second-order valence-corrected chi connectivity index (χ2v) is 4.35. The summed E-state index contributed by atoms with van der Waals surface area (Å²) in [5, 5.41) is 11.9. The van der Waals surface area contributed by atoms with Crippen molar-refractivity contribution < 1.29 is 9.53 Å². The zero-order valence-electron chi connectivity index (χ0n) is 11.2. The molecule has 1 aromatic rings. The molecular formula is C14H18N2O2. The number of hydrogen-bond donors (Lipinski definition) is 1. The first-order valence-corrected chi connectivity index (χ1v) is 5.84. The van der Waals surface area contributed by atoms with Gasteiger partial charge in [0.15, 0.2) is 0 Å². The van der Waals surface area contributed by atoms with Crippen molar-refractivity contribution in [1.82, 2.24) is 0 Å². The van der Waals surface area contributed by atoms with E-state index in [1.807, 2.05) is 26.0 Å². The third-order valence-electron chi connectivity index (χ3n) is 3.24. The normalized spacial score (nSPS) is 13.5. The maximum absolute atomic E-state index is 12.1. The molecule has 1 amide bonds. The lowest BCUT2D eigenvalue weighted by atomic mass is 10.0. The summed E-state index contributed by atoms with van der Waals surface area (Å²) < 4.78 is 5.23. The Morgan fingerprint density at radius 1 is 1.56 bits per heavy atom. The van der Waals surface area contributed by atoms with Gasteiger partial charge in [0, 0.05) is 7.11 Å². The van der Waals surface area contributed by atoms with Crippen LogP contribution in [0.2, 0.25) is 0 Å². The second-order valence-electron chi connectivity index (χ2n) is 4.35. The van der Waals surface area contributed by atoms with E-state index in [0.717, 1.165) is 5.56 Å². The van der Waals surface area contributed by atoms with E-state index < -0.39 is 5.60 Å². The van der Waals surface area contributed by atoms with Gasteiger partial charge in [0.2, 0.25) is 0 Å². The minimum Gasteiger partial charge on any atom is -0.369 e. The van der Waals surface area contributed by atoms with Gasteiger partial charge in [-0.1, -0.05) is 19.1 Å². The Balaban J connectivity index is 3.03. The summed E-state index contributed by atoms with van der Waals surface area (Å²) in [7, 11) is 1.50. The number of methoxy groups -OCH3 is 1. The molecule has 0 aromatic heterocycles. The second kappa shape index (κ2) is 5.65. The highest BCUT2D eigenvalue weighted by atomic mass is 16.5. The van der Waals surface area contributed by atoms with Crippen molar-refractivity contribution in [3.63, 3.8) is 0 Å². The van der Waals surface area contributed by atoms with Crippen molar-refractivity contribution in [2.24, 2.45) is 0 Å². The fraction of sp³-hybridized carbons (Fsp3) is 0.429. The summed E-state index contributed by atoms with van der Waals surface area (Å²) in [5.74, 6) is -0.241. The molecule has 0 heterocycles. The summed E-state index contributed by atoms with van der Waals surface area (Å²) >= 11 is 0. The van der Waals surface area contributed by atoms with E-state index in [1.165, 1.54) is 7.11 Å². The number of benzene rings is 1. The minimum atomic E-state index is -0.879. The summed E-state index contributed by atoms with van der Waals surface area (Å²) in [5.41, 5.74) is 0.974. The number of anilines is 1. The van der Waals surface area contributed by atoms with E-state index in [0.29, 0.717) is 17.7 Å². The molecule has 18 heavy (non-hydrogen) atoms. The van der Waals surface area contributed by atoms with Gasteiger partial charge in [0.1, 0.15) is 11.7 Å². The molecule has 1 atom stereocenters. The van der Waals surface area contributed by atoms with Crippen molar-refractivity contribution in [2.45, 2.75) is 32.8 Å². The number of carbonyl (C=O) groups is 1. The smallest absolute Gasteiger partial charge is 0.256 e. The van der Waals surface area contributed by atoms with E-state index in [9.17, 15) is 4.79 Å². The van der Waals surface area contributed by atoms with Crippen LogP contribution in [0, 0.1) is 18.3 Å². The molecule has 0 saturated heterocycles. The minimum absolute atomic E-state index is 0.241. The summed E-state index contributed by atoms with van der Waals surface area (Å²) in [4.78, 5) is 12.1. The first kappa shape index (κ1) is 14.2. The quantitative estimate of drug-likeness (QED) is 0.888. The van der Waals surface area contributed by atoms with Gasteiger partial charge in [-0.2, -0.15) is 5.26 Å². The average Bonchev–Trinajstić information content (AvgIpc) is 2.38. The van der Waals surface area contributed by atoms with Crippen LogP contribution in [0.25, 0.3) is 0 Å². The SMILES string of the molecule is CCC(C)(OC)C(=O)Nc1cccc(C)c1C#N. The highest BCUT2D eigenvalue weighted by Gasteiger charge is 2.31. The molecule has 0 radical (unpaired) electrons. The van der Waals surface area contributed by atoms with Gasteiger partial charge in [-0.3, -0.25) is 4.79 Å². The maximum atomic E-state index is 12.1. The van der Waals surface area contributed by atoms with Crippen molar-refractivity contribution in [1.29, 1.82) is 5.26 Å². The van der Waals surface area contributed by atoms with Crippen LogP contribution in [-0.4, -0.2) is 18.6 Å². The van der Waals surface area contributed by atoms with E-state index >= 15 is 0 Å². The molecule has 96 valence electrons. The first-order valence-electron chi connectivity index (χ1n) is 5.84. The van der Waals surface area contributed by atoms with Crippen LogP contribution in [0.15, 0.2) is 18.2 Å². The lowest BCUT2D eigenvalue weighted by Gasteiger charge is -2.25. The largest absolute Gasteiger partial charge is 0.369 e. The fourth-order valence-corrected chi connectivity index (χ4v) is 1.57. The molecule has 1 aromatic carbocycles. The molecule has 0 bridgehead atoms. The van der Waals surface area contributed by atoms with Crippen LogP contribution in [0.4, 0.5) is 5.69 Å². The van der Waals surface area contributed by atoms with Crippen LogP contribution in [-0.2, 0) is 9.53 Å². The number of hydrogen-bond acceptors (Lipinski definition) is 3. The number of amides is 1. The van der Waals surface area contributed by atoms with Crippen molar-refractivity contribution in [2.75, 3.05) is 12.4 Å². The van der Waals surface area contributed by atoms with Gasteiger partial charge in [0.25, 0.3) is 5.91 Å². The molecule has 1 N–H and O–H groups in total. The van der Waals surface area contributed by atoms with Gasteiger partial charge in [0.05, 0.1) is 11.3 Å². The molecular weight excluding hydrogens is 228 g/mol. The molecule has 1 unspecified atom stereocenters. The molecule has 1 rings (SSSR count). The Bertz CT molecular complexity index is 485.